The Kier molecular flexibility index (Phi) is 3.59. The van der Waals surface area contributed by atoms with Crippen molar-refractivity contribution in [2.45, 2.75) is 19.4 Å². The fourth-order valence-corrected chi connectivity index (χ4v) is 4.16. The molecular weight excluding hydrogens is 274 g/mol. The molecule has 0 saturated heterocycles. The third kappa shape index (κ3) is 2.18. The van der Waals surface area contributed by atoms with E-state index < -0.39 is 0 Å². The van der Waals surface area contributed by atoms with Crippen LogP contribution in [0.2, 0.25) is 0 Å². The van der Waals surface area contributed by atoms with Gasteiger partial charge >= 0.3 is 0 Å². The molecule has 1 N–H and O–H groups in total. The smallest absolute Gasteiger partial charge is 0.0804 e. The molecule has 3 aromatic rings. The van der Waals surface area contributed by atoms with Crippen molar-refractivity contribution in [3.8, 4) is 0 Å². The standard InChI is InChI=1S/C14H15N3S2/c1-3-11-14(19-17-16-11)12(15-2)10-6-4-5-9-7-8-18-13(9)10/h4-8,12,15H,3H2,1-2H3. The molecule has 3 nitrogen and oxygen atoms in total. The highest BCUT2D eigenvalue weighted by atomic mass is 32.1. The van der Waals surface area contributed by atoms with E-state index in [0.29, 0.717) is 0 Å². The van der Waals surface area contributed by atoms with E-state index in [4.69, 9.17) is 0 Å². The van der Waals surface area contributed by atoms with Crippen LogP contribution in [-0.4, -0.2) is 16.6 Å². The van der Waals surface area contributed by atoms with Gasteiger partial charge in [0.1, 0.15) is 0 Å². The summed E-state index contributed by atoms with van der Waals surface area (Å²) >= 11 is 3.29. The van der Waals surface area contributed by atoms with Crippen LogP contribution >= 0.6 is 22.9 Å². The number of nitrogens with one attached hydrogen (secondary N) is 1. The summed E-state index contributed by atoms with van der Waals surface area (Å²) in [5.41, 5.74) is 2.41. The second kappa shape index (κ2) is 5.36. The Morgan fingerprint density at radius 3 is 3.00 bits per heavy atom. The lowest BCUT2D eigenvalue weighted by Gasteiger charge is -2.16. The first-order valence-corrected chi connectivity index (χ1v) is 7.95. The normalized spacial score (nSPS) is 12.9. The molecule has 0 amide bonds. The summed E-state index contributed by atoms with van der Waals surface area (Å²) in [6, 6.07) is 8.82. The number of nitrogens with zero attached hydrogens (tertiary/aromatic N) is 2. The molecule has 19 heavy (non-hydrogen) atoms. The van der Waals surface area contributed by atoms with Crippen molar-refractivity contribution >= 4 is 33.0 Å². The Bertz CT molecular complexity index is 687. The maximum absolute atomic E-state index is 4.23. The number of benzene rings is 1. The summed E-state index contributed by atoms with van der Waals surface area (Å²) in [5.74, 6) is 0. The molecule has 0 aliphatic heterocycles. The van der Waals surface area contributed by atoms with Gasteiger partial charge in [0.15, 0.2) is 0 Å². The third-order valence-corrected chi connectivity index (χ3v) is 5.10. The average Bonchev–Trinajstić information content (AvgIpc) is 3.08. The van der Waals surface area contributed by atoms with Crippen LogP contribution in [0.5, 0.6) is 0 Å². The van der Waals surface area contributed by atoms with Gasteiger partial charge in [-0.2, -0.15) is 0 Å². The molecule has 1 aromatic carbocycles. The Morgan fingerprint density at radius 2 is 2.21 bits per heavy atom. The highest BCUT2D eigenvalue weighted by Gasteiger charge is 2.21. The number of fused-ring (bicyclic) bond motifs is 1. The number of hydrogen-bond acceptors (Lipinski definition) is 5. The Balaban J connectivity index is 2.15. The maximum Gasteiger partial charge on any atom is 0.0804 e. The number of thiophene rings is 1. The van der Waals surface area contributed by atoms with Crippen LogP contribution in [0.25, 0.3) is 10.1 Å². The highest BCUT2D eigenvalue weighted by molar-refractivity contribution is 7.17. The van der Waals surface area contributed by atoms with Gasteiger partial charge in [0.2, 0.25) is 0 Å². The predicted molar refractivity (Wildman–Crippen MR) is 82.0 cm³/mol. The van der Waals surface area contributed by atoms with Crippen molar-refractivity contribution in [2.75, 3.05) is 7.05 Å². The summed E-state index contributed by atoms with van der Waals surface area (Å²) in [7, 11) is 2.00. The molecule has 0 spiro atoms. The minimum Gasteiger partial charge on any atom is -0.309 e. The van der Waals surface area contributed by atoms with E-state index >= 15 is 0 Å². The first-order valence-electron chi connectivity index (χ1n) is 6.29. The predicted octanol–water partition coefficient (Wildman–Crippen LogP) is 3.62. The first-order chi connectivity index (χ1) is 9.35. The molecule has 0 aliphatic rings. The molecule has 3 rings (SSSR count). The average molecular weight is 289 g/mol. The van der Waals surface area contributed by atoms with Gasteiger partial charge in [-0.1, -0.05) is 29.6 Å². The van der Waals surface area contributed by atoms with Gasteiger partial charge in [-0.15, -0.1) is 16.4 Å². The zero-order valence-corrected chi connectivity index (χ0v) is 12.5. The summed E-state index contributed by atoms with van der Waals surface area (Å²) in [6.45, 7) is 2.12. The van der Waals surface area contributed by atoms with Crippen molar-refractivity contribution in [2.24, 2.45) is 0 Å². The molecule has 2 aromatic heterocycles. The minimum atomic E-state index is 0.178. The van der Waals surface area contributed by atoms with Gasteiger partial charge in [-0.25, -0.2) is 0 Å². The molecule has 0 saturated carbocycles. The quantitative estimate of drug-likeness (QED) is 0.797. The molecule has 1 unspecified atom stereocenters. The van der Waals surface area contributed by atoms with Crippen LogP contribution in [0.3, 0.4) is 0 Å². The molecule has 0 aliphatic carbocycles. The molecule has 0 radical (unpaired) electrons. The maximum atomic E-state index is 4.23. The van der Waals surface area contributed by atoms with E-state index in [2.05, 4.69) is 51.5 Å². The van der Waals surface area contributed by atoms with Gasteiger partial charge in [-0.05, 0) is 47.4 Å². The Labute approximate surface area is 120 Å². The molecule has 98 valence electrons. The fraction of sp³-hybridized carbons (Fsp3) is 0.286. The second-order valence-electron chi connectivity index (χ2n) is 4.35. The largest absolute Gasteiger partial charge is 0.309 e. The van der Waals surface area contributed by atoms with Crippen LogP contribution in [-0.2, 0) is 6.42 Å². The van der Waals surface area contributed by atoms with E-state index in [-0.39, 0.29) is 6.04 Å². The monoisotopic (exact) mass is 289 g/mol. The number of aryl methyl sites for hydroxylation is 1. The molecular formula is C14H15N3S2. The van der Waals surface area contributed by atoms with Crippen LogP contribution in [0.15, 0.2) is 29.6 Å². The molecule has 1 atom stereocenters. The lowest BCUT2D eigenvalue weighted by Crippen LogP contribution is -2.18. The zero-order chi connectivity index (χ0) is 13.2. The Hall–Kier alpha value is -1.30. The lowest BCUT2D eigenvalue weighted by atomic mass is 10.0. The summed E-state index contributed by atoms with van der Waals surface area (Å²) in [6.07, 6.45) is 0.921. The van der Waals surface area contributed by atoms with Crippen LogP contribution < -0.4 is 5.32 Å². The van der Waals surface area contributed by atoms with E-state index in [1.54, 1.807) is 11.3 Å². The molecule has 2 heterocycles. The van der Waals surface area contributed by atoms with E-state index in [1.807, 2.05) is 7.05 Å². The van der Waals surface area contributed by atoms with Gasteiger partial charge in [0, 0.05) is 4.70 Å². The topological polar surface area (TPSA) is 37.8 Å². The van der Waals surface area contributed by atoms with Crippen LogP contribution in [0.4, 0.5) is 0 Å². The van der Waals surface area contributed by atoms with Gasteiger partial charge in [0.05, 0.1) is 16.6 Å². The van der Waals surface area contributed by atoms with E-state index in [0.717, 1.165) is 12.1 Å². The zero-order valence-electron chi connectivity index (χ0n) is 10.9. The Morgan fingerprint density at radius 1 is 1.32 bits per heavy atom. The summed E-state index contributed by atoms with van der Waals surface area (Å²) in [5, 5.41) is 11.1. The van der Waals surface area contributed by atoms with Crippen molar-refractivity contribution in [1.29, 1.82) is 0 Å². The van der Waals surface area contributed by atoms with Gasteiger partial charge < -0.3 is 5.32 Å². The van der Waals surface area contributed by atoms with Crippen molar-refractivity contribution in [3.63, 3.8) is 0 Å². The number of aromatic nitrogens is 2. The van der Waals surface area contributed by atoms with E-state index in [1.165, 1.54) is 32.1 Å². The van der Waals surface area contributed by atoms with Crippen LogP contribution in [0, 0.1) is 0 Å². The van der Waals surface area contributed by atoms with Crippen molar-refractivity contribution in [1.82, 2.24) is 14.9 Å². The first kappa shape index (κ1) is 12.7. The lowest BCUT2D eigenvalue weighted by molar-refractivity contribution is 0.698. The number of hydrogen-bond donors (Lipinski definition) is 1. The van der Waals surface area contributed by atoms with Crippen molar-refractivity contribution in [3.05, 3.63) is 45.8 Å². The SMILES string of the molecule is CCc1nnsc1C(NC)c1cccc2ccsc12. The molecule has 5 heteroatoms. The summed E-state index contributed by atoms with van der Waals surface area (Å²) < 4.78 is 5.45. The van der Waals surface area contributed by atoms with E-state index in [9.17, 15) is 0 Å². The van der Waals surface area contributed by atoms with Crippen molar-refractivity contribution < 1.29 is 0 Å². The molecule has 0 fully saturated rings. The van der Waals surface area contributed by atoms with Gasteiger partial charge in [0.25, 0.3) is 0 Å². The second-order valence-corrected chi connectivity index (χ2v) is 6.05. The van der Waals surface area contributed by atoms with Gasteiger partial charge in [-0.3, -0.25) is 0 Å². The fourth-order valence-electron chi connectivity index (χ4n) is 2.35. The third-order valence-electron chi connectivity index (χ3n) is 3.29. The summed E-state index contributed by atoms with van der Waals surface area (Å²) in [4.78, 5) is 1.23. The minimum absolute atomic E-state index is 0.178. The highest BCUT2D eigenvalue weighted by Crippen LogP contribution is 2.34. The number of rotatable bonds is 4. The van der Waals surface area contributed by atoms with Crippen LogP contribution in [0.1, 0.15) is 29.1 Å². The molecule has 0 bridgehead atoms.